The fourth-order valence-electron chi connectivity index (χ4n) is 6.60. The monoisotopic (exact) mass is 628 g/mol. The van der Waals surface area contributed by atoms with Crippen LogP contribution < -0.4 is 4.90 Å². The average molecular weight is 629 g/mol. The van der Waals surface area contributed by atoms with Crippen molar-refractivity contribution in [2.24, 2.45) is 0 Å². The molecular weight excluding hydrogens is 594 g/mol. The first-order chi connectivity index (χ1) is 20.6. The molecule has 3 saturated heterocycles. The fraction of sp³-hybridized carbons (Fsp3) is 0.406. The number of fused-ring (bicyclic) bond motifs is 2. The molecule has 3 aliphatic heterocycles. The number of hydrogen-bond acceptors (Lipinski definition) is 5. The van der Waals surface area contributed by atoms with Crippen molar-refractivity contribution in [2.75, 3.05) is 50.7 Å². The highest BCUT2D eigenvalue weighted by molar-refractivity contribution is 7.89. The first-order valence-corrected chi connectivity index (χ1v) is 16.5. The lowest BCUT2D eigenvalue weighted by atomic mass is 10.1. The average Bonchev–Trinajstić information content (AvgIpc) is 3.24. The molecule has 0 aromatic heterocycles. The van der Waals surface area contributed by atoms with Crippen LogP contribution in [0.3, 0.4) is 0 Å². The van der Waals surface area contributed by atoms with Crippen molar-refractivity contribution in [3.05, 3.63) is 94.0 Å². The first-order valence-electron chi connectivity index (χ1n) is 14.7. The van der Waals surface area contributed by atoms with Gasteiger partial charge in [0, 0.05) is 63.6 Å². The van der Waals surface area contributed by atoms with Gasteiger partial charge in [-0.25, -0.2) is 17.2 Å². The Kier molecular flexibility index (Phi) is 8.48. The molecule has 1 amide bonds. The molecule has 2 bridgehead atoms. The van der Waals surface area contributed by atoms with Crippen molar-refractivity contribution in [1.82, 2.24) is 14.1 Å². The summed E-state index contributed by atoms with van der Waals surface area (Å²) < 4.78 is 55.8. The van der Waals surface area contributed by atoms with Crippen molar-refractivity contribution < 1.29 is 22.0 Å². The van der Waals surface area contributed by atoms with Crippen LogP contribution in [-0.2, 0) is 16.4 Å². The molecule has 0 aliphatic carbocycles. The molecule has 7 nitrogen and oxygen atoms in total. The lowest BCUT2D eigenvalue weighted by Gasteiger charge is -2.43. The van der Waals surface area contributed by atoms with Crippen LogP contribution in [0.5, 0.6) is 0 Å². The van der Waals surface area contributed by atoms with E-state index in [0.717, 1.165) is 48.7 Å². The Morgan fingerprint density at radius 2 is 1.53 bits per heavy atom. The van der Waals surface area contributed by atoms with Crippen molar-refractivity contribution in [2.45, 2.75) is 43.2 Å². The van der Waals surface area contributed by atoms with E-state index < -0.39 is 15.8 Å². The number of carbonyl (C=O) groups excluding carboxylic acids is 1. The van der Waals surface area contributed by atoms with Gasteiger partial charge in [-0.1, -0.05) is 29.8 Å². The second kappa shape index (κ2) is 12.1. The highest BCUT2D eigenvalue weighted by Crippen LogP contribution is 2.38. The number of halogens is 3. The Morgan fingerprint density at radius 3 is 2.19 bits per heavy atom. The summed E-state index contributed by atoms with van der Waals surface area (Å²) in [5.74, 6) is -0.953. The van der Waals surface area contributed by atoms with E-state index in [-0.39, 0.29) is 39.3 Å². The molecule has 3 heterocycles. The molecule has 228 valence electrons. The van der Waals surface area contributed by atoms with Gasteiger partial charge >= 0.3 is 0 Å². The number of rotatable bonds is 7. The Labute approximate surface area is 256 Å². The van der Waals surface area contributed by atoms with Gasteiger partial charge in [-0.2, -0.15) is 4.31 Å². The molecule has 2 atom stereocenters. The number of carbonyl (C=O) groups is 1. The molecule has 0 N–H and O–H groups in total. The SMILES string of the molecule is Cc1ccc(S(=O)(=O)N2CCN(CCc3ccc(F)cc3)CC2)cc1N1[C@@H]2CC[C@H]1CN(C(=O)c1ccc(F)cc1Cl)C2. The largest absolute Gasteiger partial charge is 0.362 e. The molecule has 0 spiro atoms. The van der Waals surface area contributed by atoms with Gasteiger partial charge in [-0.15, -0.1) is 0 Å². The topological polar surface area (TPSA) is 64.2 Å². The van der Waals surface area contributed by atoms with Gasteiger partial charge in [0.2, 0.25) is 10.0 Å². The Morgan fingerprint density at radius 1 is 0.884 bits per heavy atom. The molecule has 11 heteroatoms. The Balaban J connectivity index is 1.12. The van der Waals surface area contributed by atoms with E-state index >= 15 is 0 Å². The van der Waals surface area contributed by atoms with Crippen LogP contribution in [0.4, 0.5) is 14.5 Å². The maximum absolute atomic E-state index is 13.7. The van der Waals surface area contributed by atoms with Gasteiger partial charge < -0.3 is 14.7 Å². The van der Waals surface area contributed by atoms with E-state index in [1.54, 1.807) is 33.5 Å². The second-order valence-electron chi connectivity index (χ2n) is 11.7. The van der Waals surface area contributed by atoms with Crippen LogP contribution in [0.1, 0.15) is 34.3 Å². The third kappa shape index (κ3) is 6.16. The van der Waals surface area contributed by atoms with E-state index in [0.29, 0.717) is 39.3 Å². The number of sulfonamides is 1. The summed E-state index contributed by atoms with van der Waals surface area (Å²) in [6.07, 6.45) is 2.57. The lowest BCUT2D eigenvalue weighted by Crippen LogP contribution is -2.55. The van der Waals surface area contributed by atoms with Gasteiger partial charge in [-0.3, -0.25) is 4.79 Å². The molecule has 0 radical (unpaired) electrons. The minimum atomic E-state index is -3.69. The van der Waals surface area contributed by atoms with Gasteiger partial charge in [0.15, 0.2) is 0 Å². The highest BCUT2D eigenvalue weighted by Gasteiger charge is 2.42. The molecule has 0 unspecified atom stereocenters. The van der Waals surface area contributed by atoms with Crippen molar-refractivity contribution in [3.63, 3.8) is 0 Å². The minimum Gasteiger partial charge on any atom is -0.362 e. The highest BCUT2D eigenvalue weighted by atomic mass is 35.5. The maximum Gasteiger partial charge on any atom is 0.255 e. The summed E-state index contributed by atoms with van der Waals surface area (Å²) in [5.41, 5.74) is 3.22. The van der Waals surface area contributed by atoms with Gasteiger partial charge in [-0.05, 0) is 79.8 Å². The third-order valence-electron chi connectivity index (χ3n) is 8.99. The molecule has 3 aliphatic rings. The molecule has 3 aromatic rings. The van der Waals surface area contributed by atoms with Crippen LogP contribution in [0.2, 0.25) is 5.02 Å². The molecule has 43 heavy (non-hydrogen) atoms. The van der Waals surface area contributed by atoms with Crippen LogP contribution in [0.25, 0.3) is 0 Å². The fourth-order valence-corrected chi connectivity index (χ4v) is 8.29. The van der Waals surface area contributed by atoms with Crippen molar-refractivity contribution >= 4 is 33.2 Å². The number of likely N-dealkylation sites (tertiary alicyclic amines) is 1. The van der Waals surface area contributed by atoms with Gasteiger partial charge in [0.1, 0.15) is 11.6 Å². The van der Waals surface area contributed by atoms with E-state index in [2.05, 4.69) is 9.80 Å². The van der Waals surface area contributed by atoms with E-state index in [1.807, 2.05) is 13.0 Å². The first kappa shape index (κ1) is 30.0. The normalized spacial score (nSPS) is 21.4. The number of piperazine rings is 2. The minimum absolute atomic E-state index is 0.0447. The summed E-state index contributed by atoms with van der Waals surface area (Å²) in [7, 11) is -3.69. The second-order valence-corrected chi connectivity index (χ2v) is 14.0. The quantitative estimate of drug-likeness (QED) is 0.370. The van der Waals surface area contributed by atoms with Crippen molar-refractivity contribution in [3.8, 4) is 0 Å². The summed E-state index contributed by atoms with van der Waals surface area (Å²) in [6.45, 7) is 5.84. The van der Waals surface area contributed by atoms with Gasteiger partial charge in [0.05, 0.1) is 15.5 Å². The summed E-state index contributed by atoms with van der Waals surface area (Å²) >= 11 is 6.18. The Hall–Kier alpha value is -3.05. The maximum atomic E-state index is 13.7. The van der Waals surface area contributed by atoms with E-state index in [9.17, 15) is 22.0 Å². The summed E-state index contributed by atoms with van der Waals surface area (Å²) in [5, 5.41) is 0.0993. The van der Waals surface area contributed by atoms with Crippen molar-refractivity contribution in [1.29, 1.82) is 0 Å². The smallest absolute Gasteiger partial charge is 0.255 e. The number of anilines is 1. The predicted molar refractivity (Wildman–Crippen MR) is 163 cm³/mol. The number of nitrogens with zero attached hydrogens (tertiary/aromatic N) is 4. The number of hydrogen-bond donors (Lipinski definition) is 0. The van der Waals surface area contributed by atoms with Crippen LogP contribution in [0, 0.1) is 18.6 Å². The number of amides is 1. The zero-order valence-corrected chi connectivity index (χ0v) is 25.6. The molecule has 3 fully saturated rings. The molecule has 0 saturated carbocycles. The van der Waals surface area contributed by atoms with Gasteiger partial charge in [0.25, 0.3) is 5.91 Å². The van der Waals surface area contributed by atoms with Crippen LogP contribution >= 0.6 is 11.6 Å². The number of benzene rings is 3. The van der Waals surface area contributed by atoms with E-state index in [4.69, 9.17) is 11.6 Å². The molecule has 6 rings (SSSR count). The van der Waals surface area contributed by atoms with E-state index in [1.165, 1.54) is 24.3 Å². The summed E-state index contributed by atoms with van der Waals surface area (Å²) in [4.78, 5) is 19.9. The predicted octanol–water partition coefficient (Wildman–Crippen LogP) is 4.97. The standard InChI is InChI=1S/C32H35ClF2N4O3S/c1-22-2-10-28(43(41,42)38-16-14-36(15-17-38)13-12-23-3-5-24(34)6-4-23)19-31(22)39-26-8-9-27(39)21-37(20-26)32(40)29-11-7-25(35)18-30(29)33/h2-7,10-11,18-19,26-27H,8-9,12-17,20-21H2,1H3/t26-,27+. The Bertz CT molecular complexity index is 1600. The summed E-state index contributed by atoms with van der Waals surface area (Å²) in [6, 6.07) is 15.8. The number of aryl methyl sites for hydroxylation is 1. The molecular formula is C32H35ClF2N4O3S. The zero-order valence-electron chi connectivity index (χ0n) is 24.1. The van der Waals surface area contributed by atoms with Crippen LogP contribution in [0.15, 0.2) is 65.6 Å². The van der Waals surface area contributed by atoms with Crippen LogP contribution in [-0.4, -0.2) is 86.3 Å². The zero-order chi connectivity index (χ0) is 30.3. The molecule has 3 aromatic carbocycles. The lowest BCUT2D eigenvalue weighted by molar-refractivity contribution is 0.0718. The third-order valence-corrected chi connectivity index (χ3v) is 11.2.